The molecule has 0 aliphatic rings. The number of nitrogens with one attached hydrogen (secondary N) is 1. The van der Waals surface area contributed by atoms with Crippen LogP contribution in [0.1, 0.15) is 39.5 Å². The molecule has 0 amide bonds. The summed E-state index contributed by atoms with van der Waals surface area (Å²) in [5.41, 5.74) is 0. The highest BCUT2D eigenvalue weighted by Gasteiger charge is 2.06. The van der Waals surface area contributed by atoms with Gasteiger partial charge in [-0.2, -0.15) is 0 Å². The molecule has 2 nitrogen and oxygen atoms in total. The second-order valence-electron chi connectivity index (χ2n) is 5.41. The van der Waals surface area contributed by atoms with Crippen LogP contribution in [-0.2, 0) is 0 Å². The van der Waals surface area contributed by atoms with Crippen LogP contribution in [0.25, 0.3) is 0 Å². The van der Waals surface area contributed by atoms with Crippen molar-refractivity contribution in [3.05, 3.63) is 29.0 Å². The molecule has 0 fully saturated rings. The van der Waals surface area contributed by atoms with Gasteiger partial charge in [-0.1, -0.05) is 44.4 Å². The summed E-state index contributed by atoms with van der Waals surface area (Å²) in [4.78, 5) is 0. The van der Waals surface area contributed by atoms with Gasteiger partial charge in [0.05, 0.1) is 11.6 Å². The number of hydrogen-bond donors (Lipinski definition) is 1. The minimum absolute atomic E-state index is 0.110. The summed E-state index contributed by atoms with van der Waals surface area (Å²) in [6, 6.07) is 4.83. The van der Waals surface area contributed by atoms with Crippen LogP contribution in [0, 0.1) is 11.7 Å². The number of hydrogen-bond acceptors (Lipinski definition) is 2. The molecule has 0 aromatic heterocycles. The first-order chi connectivity index (χ1) is 9.61. The van der Waals surface area contributed by atoms with Crippen LogP contribution in [0.2, 0.25) is 5.02 Å². The lowest BCUT2D eigenvalue weighted by Gasteiger charge is -2.08. The van der Waals surface area contributed by atoms with Crippen molar-refractivity contribution in [2.24, 2.45) is 5.92 Å². The van der Waals surface area contributed by atoms with E-state index in [4.69, 9.17) is 16.3 Å². The third-order valence-electron chi connectivity index (χ3n) is 2.97. The molecule has 0 aliphatic carbocycles. The molecule has 0 unspecified atom stereocenters. The molecule has 0 saturated carbocycles. The number of ether oxygens (including phenoxy) is 1. The Labute approximate surface area is 126 Å². The van der Waals surface area contributed by atoms with Crippen LogP contribution in [0.5, 0.6) is 5.75 Å². The summed E-state index contributed by atoms with van der Waals surface area (Å²) in [5.74, 6) is 0.485. The number of benzene rings is 1. The summed E-state index contributed by atoms with van der Waals surface area (Å²) in [7, 11) is 0. The van der Waals surface area contributed by atoms with Crippen LogP contribution in [0.4, 0.5) is 4.39 Å². The van der Waals surface area contributed by atoms with Gasteiger partial charge in [-0.3, -0.25) is 0 Å². The largest absolute Gasteiger partial charge is 0.490 e. The lowest BCUT2D eigenvalue weighted by atomic mass is 10.2. The molecular formula is C16H25ClFNO. The van der Waals surface area contributed by atoms with Gasteiger partial charge in [0.15, 0.2) is 11.6 Å². The molecule has 0 aliphatic heterocycles. The molecule has 114 valence electrons. The Morgan fingerprint density at radius 2 is 1.95 bits per heavy atom. The highest BCUT2D eigenvalue weighted by Crippen LogP contribution is 2.24. The zero-order chi connectivity index (χ0) is 14.8. The van der Waals surface area contributed by atoms with Gasteiger partial charge in [0.1, 0.15) is 0 Å². The number of unbranched alkanes of at least 4 members (excludes halogenated alkanes) is 3. The molecule has 0 bridgehead atoms. The van der Waals surface area contributed by atoms with Crippen molar-refractivity contribution in [1.29, 1.82) is 0 Å². The Kier molecular flexibility index (Phi) is 8.63. The maximum absolute atomic E-state index is 13.5. The number of rotatable bonds is 10. The summed E-state index contributed by atoms with van der Waals surface area (Å²) in [5, 5.41) is 3.53. The minimum Gasteiger partial charge on any atom is -0.490 e. The van der Waals surface area contributed by atoms with Crippen molar-refractivity contribution < 1.29 is 9.13 Å². The molecule has 0 heterocycles. The molecule has 1 N–H and O–H groups in total. The average molecular weight is 302 g/mol. The van der Waals surface area contributed by atoms with E-state index in [0.717, 1.165) is 25.9 Å². The Morgan fingerprint density at radius 1 is 1.20 bits per heavy atom. The fourth-order valence-electron chi connectivity index (χ4n) is 1.87. The quantitative estimate of drug-likeness (QED) is 0.634. The van der Waals surface area contributed by atoms with Gasteiger partial charge in [0.25, 0.3) is 0 Å². The molecule has 0 radical (unpaired) electrons. The highest BCUT2D eigenvalue weighted by molar-refractivity contribution is 6.30. The van der Waals surface area contributed by atoms with Crippen molar-refractivity contribution in [3.8, 4) is 5.75 Å². The predicted octanol–water partition coefficient (Wildman–Crippen LogP) is 4.66. The molecule has 20 heavy (non-hydrogen) atoms. The van der Waals surface area contributed by atoms with E-state index in [1.165, 1.54) is 18.9 Å². The first kappa shape index (κ1) is 17.3. The third kappa shape index (κ3) is 7.11. The molecule has 1 aromatic carbocycles. The fourth-order valence-corrected chi connectivity index (χ4v) is 2.04. The number of halogens is 2. The Balaban J connectivity index is 2.01. The predicted molar refractivity (Wildman–Crippen MR) is 83.1 cm³/mol. The van der Waals surface area contributed by atoms with E-state index < -0.39 is 5.82 Å². The lowest BCUT2D eigenvalue weighted by molar-refractivity contribution is 0.290. The molecule has 0 atom stereocenters. The van der Waals surface area contributed by atoms with E-state index in [9.17, 15) is 4.39 Å². The topological polar surface area (TPSA) is 21.3 Å². The van der Waals surface area contributed by atoms with Crippen LogP contribution >= 0.6 is 11.6 Å². The van der Waals surface area contributed by atoms with Gasteiger partial charge in [-0.25, -0.2) is 4.39 Å². The van der Waals surface area contributed by atoms with Crippen molar-refractivity contribution in [2.45, 2.75) is 39.5 Å². The van der Waals surface area contributed by atoms with E-state index >= 15 is 0 Å². The second kappa shape index (κ2) is 10.0. The van der Waals surface area contributed by atoms with Gasteiger partial charge < -0.3 is 10.1 Å². The maximum Gasteiger partial charge on any atom is 0.183 e. The molecule has 4 heteroatoms. The van der Waals surface area contributed by atoms with Gasteiger partial charge in [0, 0.05) is 0 Å². The summed E-state index contributed by atoms with van der Waals surface area (Å²) in [6.07, 6.45) is 4.40. The maximum atomic E-state index is 13.5. The van der Waals surface area contributed by atoms with E-state index in [-0.39, 0.29) is 10.8 Å². The van der Waals surface area contributed by atoms with Gasteiger partial charge in [-0.15, -0.1) is 0 Å². The van der Waals surface area contributed by atoms with Crippen molar-refractivity contribution in [2.75, 3.05) is 19.7 Å². The van der Waals surface area contributed by atoms with Crippen molar-refractivity contribution in [3.63, 3.8) is 0 Å². The zero-order valence-electron chi connectivity index (χ0n) is 12.4. The van der Waals surface area contributed by atoms with Crippen LogP contribution in [0.3, 0.4) is 0 Å². The fraction of sp³-hybridized carbons (Fsp3) is 0.625. The molecule has 0 saturated heterocycles. The van der Waals surface area contributed by atoms with E-state index in [0.29, 0.717) is 12.5 Å². The van der Waals surface area contributed by atoms with Crippen LogP contribution in [0.15, 0.2) is 18.2 Å². The van der Waals surface area contributed by atoms with Crippen molar-refractivity contribution >= 4 is 11.6 Å². The molecule has 1 rings (SSSR count). The normalized spacial score (nSPS) is 11.1. The first-order valence-corrected chi connectivity index (χ1v) is 7.76. The SMILES string of the molecule is CC(C)CNCCCCCCOc1cccc(Cl)c1F. The molecule has 0 spiro atoms. The highest BCUT2D eigenvalue weighted by atomic mass is 35.5. The summed E-state index contributed by atoms with van der Waals surface area (Å²) < 4.78 is 18.9. The lowest BCUT2D eigenvalue weighted by Crippen LogP contribution is -2.20. The van der Waals surface area contributed by atoms with Crippen molar-refractivity contribution in [1.82, 2.24) is 5.32 Å². The van der Waals surface area contributed by atoms with Gasteiger partial charge in [0.2, 0.25) is 0 Å². The standard InChI is InChI=1S/C16H25ClFNO/c1-13(2)12-19-10-5-3-4-6-11-20-15-9-7-8-14(17)16(15)18/h7-9,13,19H,3-6,10-12H2,1-2H3. The first-order valence-electron chi connectivity index (χ1n) is 7.38. The molecule has 1 aromatic rings. The minimum atomic E-state index is -0.466. The summed E-state index contributed by atoms with van der Waals surface area (Å²) >= 11 is 5.69. The Morgan fingerprint density at radius 3 is 2.70 bits per heavy atom. The van der Waals surface area contributed by atoms with E-state index in [1.807, 2.05) is 0 Å². The van der Waals surface area contributed by atoms with Crippen LogP contribution in [-0.4, -0.2) is 19.7 Å². The van der Waals surface area contributed by atoms with Gasteiger partial charge in [-0.05, 0) is 44.0 Å². The monoisotopic (exact) mass is 301 g/mol. The average Bonchev–Trinajstić information content (AvgIpc) is 2.41. The molecular weight excluding hydrogens is 277 g/mol. The van der Waals surface area contributed by atoms with Gasteiger partial charge >= 0.3 is 0 Å². The Bertz CT molecular complexity index is 385. The Hall–Kier alpha value is -0.800. The smallest absolute Gasteiger partial charge is 0.183 e. The third-order valence-corrected chi connectivity index (χ3v) is 3.27. The zero-order valence-corrected chi connectivity index (χ0v) is 13.2. The summed E-state index contributed by atoms with van der Waals surface area (Å²) in [6.45, 7) is 7.11. The van der Waals surface area contributed by atoms with E-state index in [2.05, 4.69) is 19.2 Å². The van der Waals surface area contributed by atoms with Crippen LogP contribution < -0.4 is 10.1 Å². The second-order valence-corrected chi connectivity index (χ2v) is 5.82. The van der Waals surface area contributed by atoms with E-state index in [1.54, 1.807) is 12.1 Å².